The first-order valence-corrected chi connectivity index (χ1v) is 9.28. The zero-order valence-electron chi connectivity index (χ0n) is 15.3. The molecule has 4 nitrogen and oxygen atoms in total. The normalized spacial score (nSPS) is 12.2. The summed E-state index contributed by atoms with van der Waals surface area (Å²) >= 11 is 1.62. The van der Waals surface area contributed by atoms with Crippen LogP contribution >= 0.6 is 11.3 Å². The van der Waals surface area contributed by atoms with Crippen LogP contribution in [0.3, 0.4) is 0 Å². The number of nitrogens with one attached hydrogen (secondary N) is 1. The molecule has 1 heterocycles. The van der Waals surface area contributed by atoms with E-state index in [1.54, 1.807) is 11.3 Å². The van der Waals surface area contributed by atoms with E-state index in [0.29, 0.717) is 6.54 Å². The number of hydrogen-bond donors (Lipinski definition) is 1. The van der Waals surface area contributed by atoms with Crippen LogP contribution in [0.2, 0.25) is 0 Å². The number of likely N-dealkylation sites (N-methyl/N-ethyl adjacent to an activating group) is 1. The molecule has 1 N–H and O–H groups in total. The summed E-state index contributed by atoms with van der Waals surface area (Å²) in [6, 6.07) is 12.1. The Hall–Kier alpha value is -1.98. The predicted molar refractivity (Wildman–Crippen MR) is 103 cm³/mol. The Morgan fingerprint density at radius 1 is 1.12 bits per heavy atom. The predicted octanol–water partition coefficient (Wildman–Crippen LogP) is 3.75. The van der Waals surface area contributed by atoms with E-state index in [4.69, 9.17) is 0 Å². The third-order valence-corrected chi connectivity index (χ3v) is 5.19. The first kappa shape index (κ1) is 19.3. The number of carbonyl (C=O) groups excluding carboxylic acids is 2. The van der Waals surface area contributed by atoms with Crippen LogP contribution in [0.25, 0.3) is 0 Å². The molecule has 0 aliphatic heterocycles. The third kappa shape index (κ3) is 5.51. The molecule has 2 aromatic rings. The highest BCUT2D eigenvalue weighted by Crippen LogP contribution is 2.22. The molecule has 2 rings (SSSR count). The average molecular weight is 359 g/mol. The Balaban J connectivity index is 1.85. The second-order valence-electron chi connectivity index (χ2n) is 6.44. The number of benzene rings is 1. The van der Waals surface area contributed by atoms with Crippen LogP contribution in [0.15, 0.2) is 36.4 Å². The summed E-state index contributed by atoms with van der Waals surface area (Å²) in [6.07, 6.45) is 0.475. The van der Waals surface area contributed by atoms with Gasteiger partial charge in [0.25, 0.3) is 0 Å². The Labute approximate surface area is 153 Å². The van der Waals surface area contributed by atoms with E-state index < -0.39 is 0 Å². The number of nitrogens with zero attached hydrogens (tertiary/aromatic N) is 1. The fourth-order valence-corrected chi connectivity index (χ4v) is 3.78. The number of aryl methyl sites for hydroxylation is 2. The number of hydrogen-bond acceptors (Lipinski definition) is 4. The van der Waals surface area contributed by atoms with Crippen molar-refractivity contribution in [3.05, 3.63) is 57.3 Å². The molecule has 0 aliphatic carbocycles. The lowest BCUT2D eigenvalue weighted by Crippen LogP contribution is -2.34. The van der Waals surface area contributed by atoms with E-state index in [2.05, 4.69) is 22.3 Å². The molecule has 1 aromatic carbocycles. The van der Waals surface area contributed by atoms with E-state index in [1.165, 1.54) is 0 Å². The average Bonchev–Trinajstić information content (AvgIpc) is 2.92. The van der Waals surface area contributed by atoms with Crippen LogP contribution in [-0.4, -0.2) is 37.2 Å². The standard InChI is InChI=1S/C20H26N2O2S/c1-14-12-17(15(2)25-14)19(23)10-11-20(24)21-13-18(22(3)4)16-8-6-5-7-9-16/h5-9,12,18H,10-11,13H2,1-4H3,(H,21,24)/t18-/m0/s1. The van der Waals surface area contributed by atoms with Crippen LogP contribution < -0.4 is 5.32 Å². The van der Waals surface area contributed by atoms with Crippen molar-refractivity contribution in [1.82, 2.24) is 10.2 Å². The molecule has 0 aliphatic rings. The number of Topliss-reactive ketones (excluding diaryl/α,β-unsaturated/α-hetero) is 1. The zero-order valence-corrected chi connectivity index (χ0v) is 16.2. The number of thiophene rings is 1. The van der Waals surface area contributed by atoms with E-state index >= 15 is 0 Å². The smallest absolute Gasteiger partial charge is 0.220 e. The van der Waals surface area contributed by atoms with Gasteiger partial charge >= 0.3 is 0 Å². The molecule has 25 heavy (non-hydrogen) atoms. The molecule has 5 heteroatoms. The number of ketones is 1. The van der Waals surface area contributed by atoms with E-state index in [9.17, 15) is 9.59 Å². The van der Waals surface area contributed by atoms with Gasteiger partial charge in [-0.15, -0.1) is 11.3 Å². The quantitative estimate of drug-likeness (QED) is 0.731. The summed E-state index contributed by atoms with van der Waals surface area (Å²) in [5.74, 6) is -0.0371. The third-order valence-electron chi connectivity index (χ3n) is 4.22. The maximum Gasteiger partial charge on any atom is 0.220 e. The highest BCUT2D eigenvalue weighted by atomic mass is 32.1. The van der Waals surface area contributed by atoms with E-state index in [-0.39, 0.29) is 30.6 Å². The monoisotopic (exact) mass is 358 g/mol. The molecular formula is C20H26N2O2S. The zero-order chi connectivity index (χ0) is 18.4. The van der Waals surface area contributed by atoms with Crippen molar-refractivity contribution in [3.63, 3.8) is 0 Å². The van der Waals surface area contributed by atoms with Crippen LogP contribution in [0.5, 0.6) is 0 Å². The van der Waals surface area contributed by atoms with Gasteiger partial charge in [-0.05, 0) is 39.6 Å². The fourth-order valence-electron chi connectivity index (χ4n) is 2.84. The van der Waals surface area contributed by atoms with Gasteiger partial charge in [-0.1, -0.05) is 30.3 Å². The second-order valence-corrected chi connectivity index (χ2v) is 7.90. The summed E-state index contributed by atoms with van der Waals surface area (Å²) in [7, 11) is 3.99. The van der Waals surface area contributed by atoms with Crippen molar-refractivity contribution in [3.8, 4) is 0 Å². The van der Waals surface area contributed by atoms with Gasteiger partial charge in [0.2, 0.25) is 5.91 Å². The van der Waals surface area contributed by atoms with Gasteiger partial charge in [0.05, 0.1) is 6.04 Å². The molecular weight excluding hydrogens is 332 g/mol. The molecule has 134 valence electrons. The molecule has 0 bridgehead atoms. The van der Waals surface area contributed by atoms with Gasteiger partial charge in [-0.25, -0.2) is 0 Å². The van der Waals surface area contributed by atoms with Gasteiger partial charge in [0.15, 0.2) is 5.78 Å². The molecule has 0 spiro atoms. The highest BCUT2D eigenvalue weighted by molar-refractivity contribution is 7.12. The fraction of sp³-hybridized carbons (Fsp3) is 0.400. The molecule has 1 atom stereocenters. The minimum absolute atomic E-state index is 0.0456. The van der Waals surface area contributed by atoms with Crippen molar-refractivity contribution in [2.24, 2.45) is 0 Å². The minimum atomic E-state index is -0.0827. The Morgan fingerprint density at radius 2 is 1.80 bits per heavy atom. The first-order valence-electron chi connectivity index (χ1n) is 8.46. The van der Waals surface area contributed by atoms with Gasteiger partial charge in [0.1, 0.15) is 0 Å². The van der Waals surface area contributed by atoms with Gasteiger partial charge in [-0.3, -0.25) is 9.59 Å². The summed E-state index contributed by atoms with van der Waals surface area (Å²) in [4.78, 5) is 28.7. The lowest BCUT2D eigenvalue weighted by molar-refractivity contribution is -0.121. The second kappa shape index (κ2) is 8.92. The van der Waals surface area contributed by atoms with Crippen molar-refractivity contribution < 1.29 is 9.59 Å². The molecule has 1 aromatic heterocycles. The van der Waals surface area contributed by atoms with Crippen LogP contribution in [0.1, 0.15) is 44.6 Å². The van der Waals surface area contributed by atoms with Crippen LogP contribution in [-0.2, 0) is 4.79 Å². The number of amides is 1. The minimum Gasteiger partial charge on any atom is -0.354 e. The topological polar surface area (TPSA) is 49.4 Å². The maximum absolute atomic E-state index is 12.3. The molecule has 0 saturated carbocycles. The van der Waals surface area contributed by atoms with Crippen molar-refractivity contribution in [1.29, 1.82) is 0 Å². The van der Waals surface area contributed by atoms with Crippen LogP contribution in [0, 0.1) is 13.8 Å². The lowest BCUT2D eigenvalue weighted by Gasteiger charge is -2.25. The van der Waals surface area contributed by atoms with Gasteiger partial charge in [-0.2, -0.15) is 0 Å². The van der Waals surface area contributed by atoms with E-state index in [0.717, 1.165) is 20.9 Å². The molecule has 0 radical (unpaired) electrons. The summed E-state index contributed by atoms with van der Waals surface area (Å²) in [6.45, 7) is 4.47. The molecule has 0 saturated heterocycles. The summed E-state index contributed by atoms with van der Waals surface area (Å²) in [5.41, 5.74) is 1.92. The Bertz CT molecular complexity index is 723. The summed E-state index contributed by atoms with van der Waals surface area (Å²) < 4.78 is 0. The number of rotatable bonds is 8. The molecule has 1 amide bonds. The van der Waals surface area contributed by atoms with Gasteiger partial charge < -0.3 is 10.2 Å². The molecule has 0 unspecified atom stereocenters. The Kier molecular flexibility index (Phi) is 6.91. The highest BCUT2D eigenvalue weighted by Gasteiger charge is 2.17. The largest absolute Gasteiger partial charge is 0.354 e. The first-order chi connectivity index (χ1) is 11.9. The lowest BCUT2D eigenvalue weighted by atomic mass is 10.1. The van der Waals surface area contributed by atoms with Gasteiger partial charge in [0, 0.05) is 34.7 Å². The molecule has 0 fully saturated rings. The maximum atomic E-state index is 12.3. The van der Waals surface area contributed by atoms with Crippen molar-refractivity contribution in [2.45, 2.75) is 32.7 Å². The number of carbonyl (C=O) groups is 2. The van der Waals surface area contributed by atoms with E-state index in [1.807, 2.05) is 52.2 Å². The summed E-state index contributed by atoms with van der Waals surface area (Å²) in [5, 5.41) is 2.96. The SMILES string of the molecule is Cc1cc(C(=O)CCC(=O)NC[C@@H](c2ccccc2)N(C)C)c(C)s1. The van der Waals surface area contributed by atoms with Crippen molar-refractivity contribution in [2.75, 3.05) is 20.6 Å². The van der Waals surface area contributed by atoms with Crippen LogP contribution in [0.4, 0.5) is 0 Å². The van der Waals surface area contributed by atoms with Crippen molar-refractivity contribution >= 4 is 23.0 Å². The Morgan fingerprint density at radius 3 is 2.36 bits per heavy atom.